The number of aryl methyl sites for hydroxylation is 1. The lowest BCUT2D eigenvalue weighted by Crippen LogP contribution is -2.32. The molecule has 0 spiro atoms. The lowest BCUT2D eigenvalue weighted by Gasteiger charge is -2.32. The second-order valence-electron chi connectivity index (χ2n) is 5.82. The molecule has 1 atom stereocenters. The summed E-state index contributed by atoms with van der Waals surface area (Å²) in [7, 11) is 1.68. The lowest BCUT2D eigenvalue weighted by atomic mass is 9.85. The summed E-state index contributed by atoms with van der Waals surface area (Å²) in [5, 5.41) is 0. The van der Waals surface area contributed by atoms with Crippen LogP contribution in [0.2, 0.25) is 0 Å². The van der Waals surface area contributed by atoms with E-state index in [0.29, 0.717) is 12.5 Å². The monoisotopic (exact) mass is 295 g/mol. The number of hydrogen-bond acceptors (Lipinski definition) is 2. The van der Waals surface area contributed by atoms with Crippen LogP contribution in [0.25, 0.3) is 0 Å². The van der Waals surface area contributed by atoms with Crippen molar-refractivity contribution in [3.05, 3.63) is 65.2 Å². The number of methoxy groups -OCH3 is 1. The van der Waals surface area contributed by atoms with Gasteiger partial charge in [-0.2, -0.15) is 0 Å². The molecular weight excluding hydrogens is 274 g/mol. The first-order valence-electron chi connectivity index (χ1n) is 7.70. The number of ether oxygens (including phenoxy) is 1. The minimum absolute atomic E-state index is 0.389. The molecule has 3 heteroatoms. The number of benzene rings is 2. The SMILES string of the molecule is COc1ccc2c(c1)CN(C=O)CC2CCc1ccccc1. The molecule has 0 aliphatic carbocycles. The Morgan fingerprint density at radius 2 is 2.05 bits per heavy atom. The summed E-state index contributed by atoms with van der Waals surface area (Å²) >= 11 is 0. The Morgan fingerprint density at radius 1 is 1.23 bits per heavy atom. The molecule has 0 fully saturated rings. The Kier molecular flexibility index (Phi) is 4.42. The van der Waals surface area contributed by atoms with Crippen LogP contribution >= 0.6 is 0 Å². The fourth-order valence-corrected chi connectivity index (χ4v) is 3.22. The molecule has 0 saturated carbocycles. The van der Waals surface area contributed by atoms with Crippen LogP contribution in [0.5, 0.6) is 5.75 Å². The average molecular weight is 295 g/mol. The fourth-order valence-electron chi connectivity index (χ4n) is 3.22. The summed E-state index contributed by atoms with van der Waals surface area (Å²) in [6.45, 7) is 1.48. The smallest absolute Gasteiger partial charge is 0.210 e. The third kappa shape index (κ3) is 3.14. The average Bonchev–Trinajstić information content (AvgIpc) is 2.59. The highest BCUT2D eigenvalue weighted by atomic mass is 16.5. The largest absolute Gasteiger partial charge is 0.497 e. The van der Waals surface area contributed by atoms with Crippen LogP contribution in [0, 0.1) is 0 Å². The highest BCUT2D eigenvalue weighted by Gasteiger charge is 2.24. The van der Waals surface area contributed by atoms with Gasteiger partial charge in [-0.3, -0.25) is 4.79 Å². The first-order chi connectivity index (χ1) is 10.8. The number of nitrogens with zero attached hydrogens (tertiary/aromatic N) is 1. The van der Waals surface area contributed by atoms with Gasteiger partial charge in [0.1, 0.15) is 5.75 Å². The Morgan fingerprint density at radius 3 is 2.77 bits per heavy atom. The fraction of sp³-hybridized carbons (Fsp3) is 0.316. The Hall–Kier alpha value is -2.29. The molecule has 2 aromatic carbocycles. The van der Waals surface area contributed by atoms with Crippen molar-refractivity contribution in [3.8, 4) is 5.75 Å². The van der Waals surface area contributed by atoms with E-state index < -0.39 is 0 Å². The van der Waals surface area contributed by atoms with E-state index in [1.165, 1.54) is 16.7 Å². The van der Waals surface area contributed by atoms with Crippen LogP contribution < -0.4 is 4.74 Å². The maximum atomic E-state index is 11.2. The normalized spacial score (nSPS) is 17.0. The standard InChI is InChI=1S/C19H21NO2/c1-22-18-9-10-19-16(8-7-15-5-3-2-4-6-15)12-20(14-21)13-17(19)11-18/h2-6,9-11,14,16H,7-8,12-13H2,1H3. The summed E-state index contributed by atoms with van der Waals surface area (Å²) < 4.78 is 5.31. The summed E-state index contributed by atoms with van der Waals surface area (Å²) in [6, 6.07) is 16.8. The summed E-state index contributed by atoms with van der Waals surface area (Å²) in [5.74, 6) is 1.24. The Bertz CT molecular complexity index is 639. The van der Waals surface area contributed by atoms with Gasteiger partial charge in [-0.05, 0) is 41.7 Å². The molecule has 3 nitrogen and oxygen atoms in total. The van der Waals surface area contributed by atoms with E-state index in [1.807, 2.05) is 17.0 Å². The quantitative estimate of drug-likeness (QED) is 0.791. The number of carbonyl (C=O) groups is 1. The minimum atomic E-state index is 0.389. The molecule has 22 heavy (non-hydrogen) atoms. The Balaban J connectivity index is 1.80. The van der Waals surface area contributed by atoms with Gasteiger partial charge in [0.15, 0.2) is 0 Å². The first kappa shape index (κ1) is 14.6. The van der Waals surface area contributed by atoms with Gasteiger partial charge in [-0.25, -0.2) is 0 Å². The van der Waals surface area contributed by atoms with Crippen LogP contribution in [0.1, 0.15) is 29.0 Å². The molecular formula is C19H21NO2. The van der Waals surface area contributed by atoms with Crippen LogP contribution in [0.15, 0.2) is 48.5 Å². The van der Waals surface area contributed by atoms with E-state index in [0.717, 1.165) is 31.5 Å². The van der Waals surface area contributed by atoms with E-state index in [9.17, 15) is 4.79 Å². The molecule has 0 saturated heterocycles. The van der Waals surface area contributed by atoms with Crippen LogP contribution in [0.3, 0.4) is 0 Å². The van der Waals surface area contributed by atoms with Crippen molar-refractivity contribution in [3.63, 3.8) is 0 Å². The van der Waals surface area contributed by atoms with Gasteiger partial charge in [-0.1, -0.05) is 36.4 Å². The van der Waals surface area contributed by atoms with Crippen LogP contribution in [-0.2, 0) is 17.8 Å². The van der Waals surface area contributed by atoms with Crippen molar-refractivity contribution >= 4 is 6.41 Å². The van der Waals surface area contributed by atoms with Gasteiger partial charge in [0.2, 0.25) is 6.41 Å². The second-order valence-corrected chi connectivity index (χ2v) is 5.82. The van der Waals surface area contributed by atoms with Gasteiger partial charge in [0.25, 0.3) is 0 Å². The molecule has 0 bridgehead atoms. The number of fused-ring (bicyclic) bond motifs is 1. The molecule has 3 rings (SSSR count). The highest BCUT2D eigenvalue weighted by molar-refractivity contribution is 5.51. The number of carbonyl (C=O) groups excluding carboxylic acids is 1. The highest BCUT2D eigenvalue weighted by Crippen LogP contribution is 2.33. The third-order valence-electron chi connectivity index (χ3n) is 4.39. The van der Waals surface area contributed by atoms with Crippen LogP contribution in [-0.4, -0.2) is 25.0 Å². The van der Waals surface area contributed by atoms with Crippen molar-refractivity contribution in [2.45, 2.75) is 25.3 Å². The van der Waals surface area contributed by atoms with E-state index in [1.54, 1.807) is 7.11 Å². The van der Waals surface area contributed by atoms with E-state index in [2.05, 4.69) is 36.4 Å². The van der Waals surface area contributed by atoms with Gasteiger partial charge in [0.05, 0.1) is 7.11 Å². The molecule has 1 unspecified atom stereocenters. The molecule has 0 radical (unpaired) electrons. The van der Waals surface area contributed by atoms with Gasteiger partial charge in [-0.15, -0.1) is 0 Å². The first-order valence-corrected chi connectivity index (χ1v) is 7.70. The predicted octanol–water partition coefficient (Wildman–Crippen LogP) is 3.38. The van der Waals surface area contributed by atoms with E-state index >= 15 is 0 Å². The van der Waals surface area contributed by atoms with Crippen molar-refractivity contribution in [2.24, 2.45) is 0 Å². The molecule has 2 aromatic rings. The molecule has 0 N–H and O–H groups in total. The second kappa shape index (κ2) is 6.65. The van der Waals surface area contributed by atoms with E-state index in [-0.39, 0.29) is 0 Å². The number of hydrogen-bond donors (Lipinski definition) is 0. The molecule has 1 heterocycles. The van der Waals surface area contributed by atoms with Crippen molar-refractivity contribution < 1.29 is 9.53 Å². The number of amides is 1. The zero-order chi connectivity index (χ0) is 15.4. The van der Waals surface area contributed by atoms with E-state index in [4.69, 9.17) is 4.74 Å². The van der Waals surface area contributed by atoms with Gasteiger partial charge in [0, 0.05) is 19.0 Å². The zero-order valence-corrected chi connectivity index (χ0v) is 12.9. The lowest BCUT2D eigenvalue weighted by molar-refractivity contribution is -0.119. The maximum absolute atomic E-state index is 11.2. The summed E-state index contributed by atoms with van der Waals surface area (Å²) in [4.78, 5) is 13.1. The van der Waals surface area contributed by atoms with Crippen molar-refractivity contribution in [1.29, 1.82) is 0 Å². The number of rotatable bonds is 5. The molecule has 0 aromatic heterocycles. The molecule has 1 aliphatic rings. The van der Waals surface area contributed by atoms with Gasteiger partial charge < -0.3 is 9.64 Å². The maximum Gasteiger partial charge on any atom is 0.210 e. The molecule has 114 valence electrons. The van der Waals surface area contributed by atoms with Crippen molar-refractivity contribution in [2.75, 3.05) is 13.7 Å². The molecule has 1 amide bonds. The predicted molar refractivity (Wildman–Crippen MR) is 87.0 cm³/mol. The Labute approximate surface area is 131 Å². The third-order valence-corrected chi connectivity index (χ3v) is 4.39. The summed E-state index contributed by atoms with van der Waals surface area (Å²) in [5.41, 5.74) is 3.91. The topological polar surface area (TPSA) is 29.5 Å². The van der Waals surface area contributed by atoms with Crippen molar-refractivity contribution in [1.82, 2.24) is 4.90 Å². The molecule has 1 aliphatic heterocycles. The summed E-state index contributed by atoms with van der Waals surface area (Å²) in [6.07, 6.45) is 3.04. The minimum Gasteiger partial charge on any atom is -0.497 e. The van der Waals surface area contributed by atoms with Gasteiger partial charge >= 0.3 is 0 Å². The zero-order valence-electron chi connectivity index (χ0n) is 12.9. The van der Waals surface area contributed by atoms with Crippen LogP contribution in [0.4, 0.5) is 0 Å².